The van der Waals surface area contributed by atoms with Crippen molar-refractivity contribution in [2.75, 3.05) is 0 Å². The van der Waals surface area contributed by atoms with Gasteiger partial charge in [-0.05, 0) is 67.1 Å². The molecular weight excluding hydrogens is 993 g/mol. The zero-order valence-corrected chi connectivity index (χ0v) is 50.8. The fourth-order valence-electron chi connectivity index (χ4n) is 13.3. The van der Waals surface area contributed by atoms with Gasteiger partial charge in [0.1, 0.15) is 34.5 Å². The monoisotopic (exact) mass is 1100 g/mol. The number of phenols is 8. The minimum Gasteiger partial charge on any atom is -0.508 e. The van der Waals surface area contributed by atoms with Gasteiger partial charge in [0.05, 0.1) is 0 Å². The summed E-state index contributed by atoms with van der Waals surface area (Å²) in [6.45, 7) is 8.96. The number of unbranched alkanes of at least 4 members (excludes halogenated alkanes) is 32. The molecule has 5 rings (SSSR count). The number of hydrogen-bond donors (Lipinski definition) is 8. The maximum atomic E-state index is 12.3. The van der Waals surface area contributed by atoms with Crippen molar-refractivity contribution in [3.05, 3.63) is 93.0 Å². The SMILES string of the molecule is CCCCCCCCCCCC1c2cc(c(O)cc2O)C(CCCCCCCCCCC)c2cc(c(O)cc2O)C(CCCCCCCCCCC)c2cc(O)c(O)cc2C(CCCCCCCCCCC)c2cc1c(O)cc2O. The van der Waals surface area contributed by atoms with Gasteiger partial charge in [0, 0.05) is 75.3 Å². The first-order valence-electron chi connectivity index (χ1n) is 33.2. The Balaban J connectivity index is 1.71. The number of phenolic OH excluding ortho intramolecular Hbond substituents is 8. The summed E-state index contributed by atoms with van der Waals surface area (Å²) in [5.41, 5.74) is 4.93. The van der Waals surface area contributed by atoms with Crippen molar-refractivity contribution in [1.29, 1.82) is 0 Å². The van der Waals surface area contributed by atoms with E-state index in [1.165, 1.54) is 147 Å². The molecule has 1 aliphatic carbocycles. The molecule has 4 unspecified atom stereocenters. The van der Waals surface area contributed by atoms with E-state index in [0.29, 0.717) is 59.1 Å². The van der Waals surface area contributed by atoms with Gasteiger partial charge in [0.25, 0.3) is 0 Å². The molecular formula is C72H112O8. The van der Waals surface area contributed by atoms with Gasteiger partial charge in [0.2, 0.25) is 0 Å². The Labute approximate surface area is 485 Å². The first-order valence-corrected chi connectivity index (χ1v) is 33.2. The Morgan fingerprint density at radius 3 is 0.537 bits per heavy atom. The summed E-state index contributed by atoms with van der Waals surface area (Å²) in [6, 6.07) is 13.4. The molecule has 0 radical (unpaired) electrons. The smallest absolute Gasteiger partial charge is 0.157 e. The van der Waals surface area contributed by atoms with E-state index in [2.05, 4.69) is 27.7 Å². The molecule has 6 bridgehead atoms. The summed E-state index contributed by atoms with van der Waals surface area (Å²) in [7, 11) is 0. The second kappa shape index (κ2) is 37.4. The van der Waals surface area contributed by atoms with Crippen molar-refractivity contribution in [3.8, 4) is 46.0 Å². The highest BCUT2D eigenvalue weighted by Crippen LogP contribution is 2.53. The predicted octanol–water partition coefficient (Wildman–Crippen LogP) is 21.9. The summed E-state index contributed by atoms with van der Waals surface area (Å²) < 4.78 is 0. The van der Waals surface area contributed by atoms with Crippen LogP contribution in [0.1, 0.15) is 353 Å². The number of benzene rings is 4. The second-order valence-electron chi connectivity index (χ2n) is 24.6. The van der Waals surface area contributed by atoms with Crippen LogP contribution in [0.25, 0.3) is 0 Å². The standard InChI is InChI=1S/C72H112O8/c1-5-9-13-17-21-25-29-33-37-41-53-57-48-71(79)72(80)49-58(57)54(42-38-34-30-26-22-18-14-10-6-2)60-46-62(68(76)51-66(60)74)56(44-40-36-32-28-24-20-16-12-8-4)64-47-63(69(77)52-70(64)78)55(61-45-59(53)65(73)50-67(61)75)43-39-35-31-27-23-19-15-11-7-3/h45-56,73-80H,5-44H2,1-4H3. The van der Waals surface area contributed by atoms with Gasteiger partial charge in [-0.25, -0.2) is 0 Å². The van der Waals surface area contributed by atoms with Gasteiger partial charge in [-0.2, -0.15) is 0 Å². The molecule has 0 fully saturated rings. The quantitative estimate of drug-likeness (QED) is 0.0161. The molecule has 0 saturated carbocycles. The van der Waals surface area contributed by atoms with Gasteiger partial charge < -0.3 is 40.9 Å². The van der Waals surface area contributed by atoms with Crippen LogP contribution in [0, 0.1) is 0 Å². The maximum absolute atomic E-state index is 12.3. The minimum absolute atomic E-state index is 0.0706. The number of hydrogen-bond acceptors (Lipinski definition) is 8. The molecule has 1 aliphatic rings. The number of rotatable bonds is 40. The van der Waals surface area contributed by atoms with E-state index >= 15 is 0 Å². The lowest BCUT2D eigenvalue weighted by molar-refractivity contribution is 0.400. The van der Waals surface area contributed by atoms with Crippen molar-refractivity contribution >= 4 is 0 Å². The van der Waals surface area contributed by atoms with E-state index in [1.54, 1.807) is 12.1 Å². The maximum Gasteiger partial charge on any atom is 0.157 e. The molecule has 448 valence electrons. The first-order chi connectivity index (χ1) is 38.9. The highest BCUT2D eigenvalue weighted by atomic mass is 16.3. The highest BCUT2D eigenvalue weighted by Gasteiger charge is 2.34. The van der Waals surface area contributed by atoms with E-state index < -0.39 is 23.7 Å². The number of aromatic hydroxyl groups is 8. The molecule has 80 heavy (non-hydrogen) atoms. The van der Waals surface area contributed by atoms with Crippen LogP contribution in [0.4, 0.5) is 0 Å². The van der Waals surface area contributed by atoms with E-state index in [4.69, 9.17) is 0 Å². The molecule has 4 atom stereocenters. The largest absolute Gasteiger partial charge is 0.508 e. The summed E-state index contributed by atoms with van der Waals surface area (Å²) in [4.78, 5) is 0. The fraction of sp³-hybridized carbons (Fsp3) is 0.667. The van der Waals surface area contributed by atoms with E-state index in [1.807, 2.05) is 18.2 Å². The van der Waals surface area contributed by atoms with E-state index in [-0.39, 0.29) is 46.0 Å². The van der Waals surface area contributed by atoms with Crippen LogP contribution in [0.2, 0.25) is 0 Å². The van der Waals surface area contributed by atoms with Gasteiger partial charge in [0.15, 0.2) is 11.5 Å². The molecule has 0 amide bonds. The van der Waals surface area contributed by atoms with Crippen molar-refractivity contribution in [2.24, 2.45) is 0 Å². The summed E-state index contributed by atoms with van der Waals surface area (Å²) in [5, 5.41) is 96.4. The molecule has 8 nitrogen and oxygen atoms in total. The van der Waals surface area contributed by atoms with E-state index in [0.717, 1.165) is 114 Å². The lowest BCUT2D eigenvalue weighted by atomic mass is 9.75. The molecule has 8 N–H and O–H groups in total. The summed E-state index contributed by atoms with van der Waals surface area (Å²) in [6.07, 6.45) is 43.3. The van der Waals surface area contributed by atoms with Crippen LogP contribution in [-0.4, -0.2) is 40.9 Å². The first kappa shape index (κ1) is 66.1. The number of fused-ring (bicyclic) bond motifs is 7. The van der Waals surface area contributed by atoms with Crippen molar-refractivity contribution in [2.45, 2.75) is 308 Å². The Kier molecular flexibility index (Phi) is 30.9. The van der Waals surface area contributed by atoms with E-state index in [9.17, 15) is 40.9 Å². The predicted molar refractivity (Wildman–Crippen MR) is 334 cm³/mol. The zero-order chi connectivity index (χ0) is 57.5. The van der Waals surface area contributed by atoms with Gasteiger partial charge in [-0.15, -0.1) is 0 Å². The Morgan fingerprint density at radius 2 is 0.350 bits per heavy atom. The third-order valence-electron chi connectivity index (χ3n) is 18.1. The third kappa shape index (κ3) is 20.9. The Hall–Kier alpha value is -4.72. The Bertz CT molecular complexity index is 2200. The highest BCUT2D eigenvalue weighted by molar-refractivity contribution is 5.62. The Morgan fingerprint density at radius 1 is 0.188 bits per heavy atom. The molecule has 0 saturated heterocycles. The lowest BCUT2D eigenvalue weighted by Gasteiger charge is -2.29. The molecule has 4 aromatic carbocycles. The van der Waals surface area contributed by atoms with Crippen LogP contribution in [0.15, 0.2) is 48.5 Å². The lowest BCUT2D eigenvalue weighted by Crippen LogP contribution is -2.12. The van der Waals surface area contributed by atoms with Crippen LogP contribution in [0.3, 0.4) is 0 Å². The average molecular weight is 1110 g/mol. The molecule has 0 heterocycles. The topological polar surface area (TPSA) is 162 Å². The summed E-state index contributed by atoms with van der Waals surface area (Å²) in [5.74, 6) is -3.04. The second-order valence-corrected chi connectivity index (χ2v) is 24.6. The fourth-order valence-corrected chi connectivity index (χ4v) is 13.3. The van der Waals surface area contributed by atoms with Crippen molar-refractivity contribution in [1.82, 2.24) is 0 Å². The van der Waals surface area contributed by atoms with Crippen LogP contribution < -0.4 is 0 Å². The van der Waals surface area contributed by atoms with Gasteiger partial charge in [-0.3, -0.25) is 0 Å². The molecule has 4 aromatic rings. The van der Waals surface area contributed by atoms with Crippen molar-refractivity contribution in [3.63, 3.8) is 0 Å². The summed E-state index contributed by atoms with van der Waals surface area (Å²) >= 11 is 0. The zero-order valence-electron chi connectivity index (χ0n) is 50.8. The van der Waals surface area contributed by atoms with Gasteiger partial charge in [-0.1, -0.05) is 259 Å². The minimum atomic E-state index is -0.527. The molecule has 0 aliphatic heterocycles. The van der Waals surface area contributed by atoms with Crippen LogP contribution in [-0.2, 0) is 0 Å². The molecule has 0 spiro atoms. The molecule has 8 heteroatoms. The third-order valence-corrected chi connectivity index (χ3v) is 18.1. The van der Waals surface area contributed by atoms with Crippen molar-refractivity contribution < 1.29 is 40.9 Å². The average Bonchev–Trinajstić information content (AvgIpc) is 3.50. The molecule has 0 aromatic heterocycles. The normalized spacial score (nSPS) is 16.1. The van der Waals surface area contributed by atoms with Crippen LogP contribution >= 0.6 is 0 Å². The van der Waals surface area contributed by atoms with Gasteiger partial charge >= 0.3 is 0 Å². The van der Waals surface area contributed by atoms with Crippen LogP contribution in [0.5, 0.6) is 46.0 Å².